The molecule has 0 aliphatic carbocycles. The number of benzene rings is 2. The first-order chi connectivity index (χ1) is 12.3. The highest BCUT2D eigenvalue weighted by Gasteiger charge is 2.25. The molecule has 0 saturated carbocycles. The number of carbonyl (C=O) groups excluding carboxylic acids is 1. The van der Waals surface area contributed by atoms with Gasteiger partial charge in [-0.3, -0.25) is 0 Å². The number of para-hydroxylation sites is 1. The zero-order valence-electron chi connectivity index (χ0n) is 15.5. The average molecular weight is 380 g/mol. The quantitative estimate of drug-likeness (QED) is 0.409. The van der Waals surface area contributed by atoms with Gasteiger partial charge in [-0.2, -0.15) is 0 Å². The van der Waals surface area contributed by atoms with Crippen LogP contribution in [-0.4, -0.2) is 52.1 Å². The number of carboxylic acids is 1. The van der Waals surface area contributed by atoms with E-state index in [4.69, 9.17) is 15.3 Å². The number of aryl methyl sites for hydroxylation is 1. The molecule has 150 valence electrons. The van der Waals surface area contributed by atoms with E-state index in [1.54, 1.807) is 18.2 Å². The molecule has 2 aromatic rings. The summed E-state index contributed by atoms with van der Waals surface area (Å²) in [5.74, 6) is -1.18. The van der Waals surface area contributed by atoms with Crippen LogP contribution in [0.15, 0.2) is 42.5 Å². The molecule has 0 atom stereocenters. The van der Waals surface area contributed by atoms with Gasteiger partial charge in [-0.05, 0) is 37.1 Å². The Kier molecular flexibility index (Phi) is 10.2. The Balaban J connectivity index is 0.000000645. The first-order valence-electron chi connectivity index (χ1n) is 8.09. The summed E-state index contributed by atoms with van der Waals surface area (Å²) in [7, 11) is 0. The molecule has 0 radical (unpaired) electrons. The maximum atomic E-state index is 11.0. The van der Waals surface area contributed by atoms with Crippen LogP contribution in [0, 0.1) is 13.8 Å². The van der Waals surface area contributed by atoms with Crippen molar-refractivity contribution >= 4 is 17.3 Å². The lowest BCUT2D eigenvalue weighted by Gasteiger charge is -2.16. The summed E-state index contributed by atoms with van der Waals surface area (Å²) in [6, 6.07) is 12.6. The molecule has 0 aliphatic heterocycles. The van der Waals surface area contributed by atoms with Gasteiger partial charge in [0.25, 0.3) is 0 Å². The minimum atomic E-state index is -1.18. The van der Waals surface area contributed by atoms with Gasteiger partial charge in [-0.1, -0.05) is 30.3 Å². The van der Waals surface area contributed by atoms with Crippen LogP contribution < -0.4 is 16.2 Å². The Morgan fingerprint density at radius 2 is 1.52 bits per heavy atom. The fourth-order valence-electron chi connectivity index (χ4n) is 1.95. The normalized spacial score (nSPS) is 10.3. The van der Waals surface area contributed by atoms with E-state index in [9.17, 15) is 9.90 Å². The molecule has 0 aromatic heterocycles. The number of quaternary nitrogens is 1. The number of carboxylic acid groups (broad SMARTS) is 1. The molecule has 9 N–H and O–H groups in total. The van der Waals surface area contributed by atoms with Crippen LogP contribution in [-0.2, 0) is 0 Å². The number of hydrogen-bond donors (Lipinski definition) is 5. The van der Waals surface area contributed by atoms with Crippen LogP contribution in [0.3, 0.4) is 0 Å². The first-order valence-corrected chi connectivity index (χ1v) is 8.09. The summed E-state index contributed by atoms with van der Waals surface area (Å²) >= 11 is 0. The highest BCUT2D eigenvalue weighted by atomic mass is 16.4. The number of aromatic carboxylic acids is 1. The molecule has 8 nitrogen and oxygen atoms in total. The van der Waals surface area contributed by atoms with E-state index in [1.807, 2.05) is 32.0 Å². The standard InChI is InChI=1S/C15H15NO2.C4H11NO3.H2O/c1-10-6-5-9-13(11(10)2)16-14-8-4-3-7-12(14)15(17)18;5-4(1-6,2-7)3-8;/h3-9,16H,1-2H3,(H,17,18);6-8H,1-3,5H2;1H2. The van der Waals surface area contributed by atoms with Crippen LogP contribution in [0.4, 0.5) is 11.4 Å². The van der Waals surface area contributed by atoms with E-state index in [0.29, 0.717) is 5.69 Å². The molecule has 2 aromatic carbocycles. The number of aliphatic hydroxyl groups excluding tert-OH is 3. The maximum Gasteiger partial charge on any atom is 0.164 e. The zero-order valence-corrected chi connectivity index (χ0v) is 15.5. The molecule has 2 rings (SSSR count). The molecule has 0 fully saturated rings. The Morgan fingerprint density at radius 3 is 2.00 bits per heavy atom. The molecule has 0 heterocycles. The molecule has 0 aliphatic rings. The SMILES string of the molecule is Cc1cccc(Nc2ccccc2C(=O)[O-])c1C.O.[NH3+]C(CO)(CO)CO. The van der Waals surface area contributed by atoms with E-state index >= 15 is 0 Å². The summed E-state index contributed by atoms with van der Waals surface area (Å²) in [5, 5.41) is 39.4. The number of anilines is 2. The Bertz CT molecular complexity index is 724. The number of carbonyl (C=O) groups is 1. The van der Waals surface area contributed by atoms with Crippen molar-refractivity contribution in [1.29, 1.82) is 0 Å². The van der Waals surface area contributed by atoms with Gasteiger partial charge in [0.1, 0.15) is 19.8 Å². The van der Waals surface area contributed by atoms with Crippen molar-refractivity contribution in [1.82, 2.24) is 0 Å². The van der Waals surface area contributed by atoms with Crippen molar-refractivity contribution in [2.75, 3.05) is 25.1 Å². The molecule has 8 heteroatoms. The van der Waals surface area contributed by atoms with Gasteiger partial charge >= 0.3 is 0 Å². The van der Waals surface area contributed by atoms with Gasteiger partial charge in [0, 0.05) is 16.9 Å². The topological polar surface area (TPSA) is 172 Å². The number of hydrogen-bond acceptors (Lipinski definition) is 6. The highest BCUT2D eigenvalue weighted by molar-refractivity contribution is 5.93. The number of rotatable bonds is 6. The molecule has 27 heavy (non-hydrogen) atoms. The van der Waals surface area contributed by atoms with Gasteiger partial charge in [0.15, 0.2) is 5.54 Å². The predicted octanol–water partition coefficient (Wildman–Crippen LogP) is -1.47. The molecule has 0 saturated heterocycles. The lowest BCUT2D eigenvalue weighted by Crippen LogP contribution is -2.78. The lowest BCUT2D eigenvalue weighted by atomic mass is 10.1. The van der Waals surface area contributed by atoms with E-state index in [0.717, 1.165) is 16.8 Å². The average Bonchev–Trinajstić information content (AvgIpc) is 2.65. The monoisotopic (exact) mass is 380 g/mol. The summed E-state index contributed by atoms with van der Waals surface area (Å²) in [6.45, 7) is 3.14. The van der Waals surface area contributed by atoms with Crippen LogP contribution in [0.5, 0.6) is 0 Å². The largest absolute Gasteiger partial charge is 0.545 e. The number of nitrogens with one attached hydrogen (secondary N) is 1. The van der Waals surface area contributed by atoms with E-state index in [2.05, 4.69) is 11.1 Å². The van der Waals surface area contributed by atoms with Crippen molar-refractivity contribution in [3.05, 3.63) is 59.2 Å². The van der Waals surface area contributed by atoms with Crippen molar-refractivity contribution in [3.63, 3.8) is 0 Å². The Morgan fingerprint density at radius 1 is 1.00 bits per heavy atom. The second kappa shape index (κ2) is 11.3. The van der Waals surface area contributed by atoms with E-state index in [1.165, 1.54) is 6.07 Å². The van der Waals surface area contributed by atoms with Crippen molar-refractivity contribution < 1.29 is 36.4 Å². The predicted molar refractivity (Wildman–Crippen MR) is 100 cm³/mol. The second-order valence-electron chi connectivity index (χ2n) is 6.18. The Labute approximate surface area is 158 Å². The molecule has 0 amide bonds. The number of aliphatic hydroxyl groups is 3. The smallest absolute Gasteiger partial charge is 0.164 e. The van der Waals surface area contributed by atoms with Gasteiger partial charge in [-0.25, -0.2) is 0 Å². The van der Waals surface area contributed by atoms with Crippen molar-refractivity contribution in [3.8, 4) is 0 Å². The van der Waals surface area contributed by atoms with E-state index < -0.39 is 11.5 Å². The summed E-state index contributed by atoms with van der Waals surface area (Å²) in [5.41, 5.74) is 6.30. The van der Waals surface area contributed by atoms with Crippen molar-refractivity contribution in [2.45, 2.75) is 19.4 Å². The zero-order chi connectivity index (χ0) is 19.7. The third-order valence-electron chi connectivity index (χ3n) is 4.03. The fraction of sp³-hybridized carbons (Fsp3) is 0.316. The molecular formula is C19H28N2O6. The second-order valence-corrected chi connectivity index (χ2v) is 6.18. The van der Waals surface area contributed by atoms with Gasteiger partial charge in [0.2, 0.25) is 0 Å². The molecule has 0 unspecified atom stereocenters. The van der Waals surface area contributed by atoms with Gasteiger partial charge in [0.05, 0.1) is 5.97 Å². The van der Waals surface area contributed by atoms with Crippen LogP contribution >= 0.6 is 0 Å². The molecular weight excluding hydrogens is 352 g/mol. The fourth-order valence-corrected chi connectivity index (χ4v) is 1.95. The first kappa shape index (κ1) is 24.5. The third-order valence-corrected chi connectivity index (χ3v) is 4.03. The van der Waals surface area contributed by atoms with Gasteiger partial charge in [-0.15, -0.1) is 0 Å². The molecule has 0 bridgehead atoms. The maximum absolute atomic E-state index is 11.0. The third kappa shape index (κ3) is 6.97. The molecule has 0 spiro atoms. The van der Waals surface area contributed by atoms with Crippen LogP contribution in [0.1, 0.15) is 21.5 Å². The van der Waals surface area contributed by atoms with Crippen molar-refractivity contribution in [2.24, 2.45) is 0 Å². The van der Waals surface area contributed by atoms with Crippen LogP contribution in [0.25, 0.3) is 0 Å². The van der Waals surface area contributed by atoms with E-state index in [-0.39, 0.29) is 30.9 Å². The lowest BCUT2D eigenvalue weighted by molar-refractivity contribution is -0.494. The van der Waals surface area contributed by atoms with Crippen LogP contribution in [0.2, 0.25) is 0 Å². The van der Waals surface area contributed by atoms with Gasteiger partial charge < -0.3 is 41.7 Å². The summed E-state index contributed by atoms with van der Waals surface area (Å²) < 4.78 is 0. The summed E-state index contributed by atoms with van der Waals surface area (Å²) in [6.07, 6.45) is 0. The minimum absolute atomic E-state index is 0. The summed E-state index contributed by atoms with van der Waals surface area (Å²) in [4.78, 5) is 11.0. The Hall–Kier alpha value is -2.49. The minimum Gasteiger partial charge on any atom is -0.545 e. The highest BCUT2D eigenvalue weighted by Crippen LogP contribution is 2.24.